The molecule has 0 saturated heterocycles. The minimum atomic E-state index is -0.616. The highest BCUT2D eigenvalue weighted by atomic mass is 16.6. The normalized spacial score (nSPS) is 23.0. The minimum Gasteiger partial charge on any atom is -0.480 e. The Hall–Kier alpha value is -1.95. The molecule has 0 spiro atoms. The van der Waals surface area contributed by atoms with E-state index in [1.54, 1.807) is 12.1 Å². The molecule has 0 amide bonds. The molecule has 1 saturated carbocycles. The van der Waals surface area contributed by atoms with Crippen molar-refractivity contribution in [2.75, 3.05) is 7.11 Å². The number of carbonyl (C=O) groups is 1. The second kappa shape index (κ2) is 4.50. The van der Waals surface area contributed by atoms with Crippen LogP contribution in [0.2, 0.25) is 0 Å². The maximum Gasteiger partial charge on any atom is 0.310 e. The molecule has 0 bridgehead atoms. The first-order valence-electron chi connectivity index (χ1n) is 5.09. The van der Waals surface area contributed by atoms with Gasteiger partial charge in [0.15, 0.2) is 17.6 Å². The van der Waals surface area contributed by atoms with Gasteiger partial charge in [0.1, 0.15) is 6.10 Å². The highest BCUT2D eigenvalue weighted by molar-refractivity contribution is 5.90. The lowest BCUT2D eigenvalue weighted by molar-refractivity contribution is -0.386. The molecule has 1 fully saturated rings. The number of carbonyl (C=O) groups excluding carboxylic acids is 1. The van der Waals surface area contributed by atoms with Gasteiger partial charge in [-0.3, -0.25) is 14.9 Å². The summed E-state index contributed by atoms with van der Waals surface area (Å²) < 4.78 is 10.4. The highest BCUT2D eigenvalue weighted by Crippen LogP contribution is 2.31. The predicted octanol–water partition coefficient (Wildman–Crippen LogP) is 1.33. The Balaban J connectivity index is 2.14. The summed E-state index contributed by atoms with van der Waals surface area (Å²) in [6.07, 6.45) is -0.826. The number of nitrogens with zero attached hydrogens (tertiary/aromatic N) is 1. The number of Topliss-reactive ketones (excluding diaryl/α,β-unsaturated/α-hetero) is 1. The number of rotatable bonds is 4. The molecule has 0 N–H and O–H groups in total. The number of ether oxygens (including phenoxy) is 2. The smallest absolute Gasteiger partial charge is 0.310 e. The number of hydrogen-bond acceptors (Lipinski definition) is 5. The van der Waals surface area contributed by atoms with Gasteiger partial charge < -0.3 is 9.47 Å². The second-order valence-electron chi connectivity index (χ2n) is 3.71. The Morgan fingerprint density at radius 3 is 2.71 bits per heavy atom. The number of hydrogen-bond donors (Lipinski definition) is 0. The van der Waals surface area contributed by atoms with Crippen LogP contribution in [-0.4, -0.2) is 30.0 Å². The molecule has 0 radical (unpaired) electrons. The fourth-order valence-corrected chi connectivity index (χ4v) is 1.73. The molecular weight excluding hydrogens is 226 g/mol. The summed E-state index contributed by atoms with van der Waals surface area (Å²) in [6, 6.07) is 6.07. The first-order chi connectivity index (χ1) is 8.13. The van der Waals surface area contributed by atoms with Crippen LogP contribution < -0.4 is 4.74 Å². The van der Waals surface area contributed by atoms with Gasteiger partial charge in [-0.2, -0.15) is 0 Å². The first kappa shape index (κ1) is 11.5. The Bertz CT molecular complexity index is 459. The molecule has 1 aliphatic rings. The van der Waals surface area contributed by atoms with Crippen LogP contribution in [0.1, 0.15) is 6.42 Å². The first-order valence-corrected chi connectivity index (χ1v) is 5.09. The van der Waals surface area contributed by atoms with Crippen LogP contribution in [0.15, 0.2) is 24.3 Å². The van der Waals surface area contributed by atoms with Crippen molar-refractivity contribution in [2.24, 2.45) is 0 Å². The van der Waals surface area contributed by atoms with E-state index in [9.17, 15) is 14.9 Å². The molecule has 0 aliphatic heterocycles. The second-order valence-corrected chi connectivity index (χ2v) is 3.71. The van der Waals surface area contributed by atoms with Crippen molar-refractivity contribution < 1.29 is 19.2 Å². The zero-order chi connectivity index (χ0) is 12.4. The number of para-hydroxylation sites is 2. The van der Waals surface area contributed by atoms with Crippen molar-refractivity contribution in [2.45, 2.75) is 18.6 Å². The van der Waals surface area contributed by atoms with E-state index in [2.05, 4.69) is 0 Å². The van der Waals surface area contributed by atoms with Crippen molar-refractivity contribution in [3.05, 3.63) is 34.4 Å². The van der Waals surface area contributed by atoms with Gasteiger partial charge in [-0.05, 0) is 6.07 Å². The Morgan fingerprint density at radius 2 is 2.12 bits per heavy atom. The van der Waals surface area contributed by atoms with Crippen LogP contribution in [0, 0.1) is 10.1 Å². The molecule has 2 atom stereocenters. The average Bonchev–Trinajstić information content (AvgIpc) is 2.29. The molecule has 2 rings (SSSR count). The van der Waals surface area contributed by atoms with Gasteiger partial charge in [0.05, 0.1) is 4.92 Å². The topological polar surface area (TPSA) is 78.7 Å². The predicted molar refractivity (Wildman–Crippen MR) is 57.9 cm³/mol. The molecule has 2 unspecified atom stereocenters. The lowest BCUT2D eigenvalue weighted by atomic mass is 9.90. The molecule has 0 heterocycles. The van der Waals surface area contributed by atoms with Gasteiger partial charge in [-0.15, -0.1) is 0 Å². The summed E-state index contributed by atoms with van der Waals surface area (Å²) in [5.41, 5.74) is -0.110. The van der Waals surface area contributed by atoms with E-state index in [0.717, 1.165) is 0 Å². The van der Waals surface area contributed by atoms with Gasteiger partial charge in [0.25, 0.3) is 0 Å². The summed E-state index contributed by atoms with van der Waals surface area (Å²) in [5, 5.41) is 10.8. The Labute approximate surface area is 97.3 Å². The van der Waals surface area contributed by atoms with Crippen molar-refractivity contribution in [3.63, 3.8) is 0 Å². The Morgan fingerprint density at radius 1 is 1.41 bits per heavy atom. The molecule has 17 heavy (non-hydrogen) atoms. The summed E-state index contributed by atoms with van der Waals surface area (Å²) >= 11 is 0. The van der Waals surface area contributed by atoms with E-state index in [4.69, 9.17) is 9.47 Å². The fraction of sp³-hybridized carbons (Fsp3) is 0.364. The molecule has 1 aromatic carbocycles. The molecular formula is C11H11NO5. The standard InChI is InChI=1S/C11H11NO5/c1-16-11-8(13)6-10(11)17-9-5-3-2-4-7(9)12(14)15/h2-5,10-11H,6H2,1H3. The number of nitro benzene ring substituents is 1. The number of benzene rings is 1. The van der Waals surface area contributed by atoms with E-state index in [-0.39, 0.29) is 23.6 Å². The van der Waals surface area contributed by atoms with Crippen molar-refractivity contribution in [1.29, 1.82) is 0 Å². The molecule has 0 aromatic heterocycles. The van der Waals surface area contributed by atoms with Crippen LogP contribution >= 0.6 is 0 Å². The molecule has 1 aliphatic carbocycles. The third kappa shape index (κ3) is 2.12. The molecule has 1 aromatic rings. The van der Waals surface area contributed by atoms with Gasteiger partial charge in [-0.25, -0.2) is 0 Å². The fourth-order valence-electron chi connectivity index (χ4n) is 1.73. The van der Waals surface area contributed by atoms with Crippen LogP contribution in [0.4, 0.5) is 5.69 Å². The monoisotopic (exact) mass is 237 g/mol. The maximum absolute atomic E-state index is 11.1. The SMILES string of the molecule is COC1C(=O)CC1Oc1ccccc1[N+](=O)[O-]. The average molecular weight is 237 g/mol. The van der Waals surface area contributed by atoms with Crippen molar-refractivity contribution >= 4 is 11.5 Å². The number of nitro groups is 1. The third-order valence-electron chi connectivity index (χ3n) is 2.65. The quantitative estimate of drug-likeness (QED) is 0.583. The summed E-state index contributed by atoms with van der Waals surface area (Å²) in [5.74, 6) is 0.119. The molecule has 90 valence electrons. The third-order valence-corrected chi connectivity index (χ3v) is 2.65. The van der Waals surface area contributed by atoms with Crippen LogP contribution in [-0.2, 0) is 9.53 Å². The minimum absolute atomic E-state index is 0.0453. The van der Waals surface area contributed by atoms with E-state index in [1.807, 2.05) is 0 Å². The summed E-state index contributed by atoms with van der Waals surface area (Å²) in [4.78, 5) is 21.4. The van der Waals surface area contributed by atoms with Crippen LogP contribution in [0.25, 0.3) is 0 Å². The van der Waals surface area contributed by atoms with E-state index in [1.165, 1.54) is 19.2 Å². The van der Waals surface area contributed by atoms with Gasteiger partial charge in [0, 0.05) is 19.6 Å². The maximum atomic E-state index is 11.1. The lowest BCUT2D eigenvalue weighted by Crippen LogP contribution is -2.51. The zero-order valence-electron chi connectivity index (χ0n) is 9.16. The number of methoxy groups -OCH3 is 1. The lowest BCUT2D eigenvalue weighted by Gasteiger charge is -2.33. The largest absolute Gasteiger partial charge is 0.480 e. The number of ketones is 1. The van der Waals surface area contributed by atoms with Crippen molar-refractivity contribution in [1.82, 2.24) is 0 Å². The van der Waals surface area contributed by atoms with E-state index in [0.29, 0.717) is 0 Å². The summed E-state index contributed by atoms with van der Waals surface area (Å²) in [7, 11) is 1.41. The highest BCUT2D eigenvalue weighted by Gasteiger charge is 2.42. The zero-order valence-corrected chi connectivity index (χ0v) is 9.16. The Kier molecular flexibility index (Phi) is 3.06. The van der Waals surface area contributed by atoms with Gasteiger partial charge in [0.2, 0.25) is 0 Å². The van der Waals surface area contributed by atoms with Gasteiger partial charge >= 0.3 is 5.69 Å². The molecule has 6 heteroatoms. The van der Waals surface area contributed by atoms with Crippen LogP contribution in [0.3, 0.4) is 0 Å². The van der Waals surface area contributed by atoms with Crippen molar-refractivity contribution in [3.8, 4) is 5.75 Å². The van der Waals surface area contributed by atoms with E-state index < -0.39 is 17.1 Å². The summed E-state index contributed by atoms with van der Waals surface area (Å²) in [6.45, 7) is 0. The van der Waals surface area contributed by atoms with Crippen LogP contribution in [0.5, 0.6) is 5.75 Å². The van der Waals surface area contributed by atoms with E-state index >= 15 is 0 Å². The van der Waals surface area contributed by atoms with Gasteiger partial charge in [-0.1, -0.05) is 12.1 Å². The molecule has 6 nitrogen and oxygen atoms in total.